The standard InChI is InChI=1S/C23H20N6O2S/c30-22(27-17-5-7-18(8-6-17)29-15-25-14-26-29)20-9-10-21(32-20)23(31)28-12-2-4-19(28)16-3-1-11-24-13-16/h1,3,5-11,13-15,19H,2,4,12H2,(H,27,30). The quantitative estimate of drug-likeness (QED) is 0.503. The number of nitrogens with one attached hydrogen (secondary N) is 1. The average Bonchev–Trinajstić information content (AvgIpc) is 3.61. The van der Waals surface area contributed by atoms with E-state index in [9.17, 15) is 9.59 Å². The Morgan fingerprint density at radius 3 is 2.62 bits per heavy atom. The van der Waals surface area contributed by atoms with E-state index in [0.717, 1.165) is 24.1 Å². The monoisotopic (exact) mass is 444 g/mol. The van der Waals surface area contributed by atoms with Gasteiger partial charge in [-0.3, -0.25) is 14.6 Å². The maximum atomic E-state index is 13.1. The van der Waals surface area contributed by atoms with Crippen molar-refractivity contribution < 1.29 is 9.59 Å². The van der Waals surface area contributed by atoms with Crippen LogP contribution in [0.3, 0.4) is 0 Å². The van der Waals surface area contributed by atoms with Gasteiger partial charge in [-0.05, 0) is 60.9 Å². The van der Waals surface area contributed by atoms with Crippen molar-refractivity contribution in [2.45, 2.75) is 18.9 Å². The predicted molar refractivity (Wildman–Crippen MR) is 121 cm³/mol. The molecular weight excluding hydrogens is 424 g/mol. The van der Waals surface area contributed by atoms with E-state index in [-0.39, 0.29) is 17.9 Å². The molecule has 3 aromatic heterocycles. The van der Waals surface area contributed by atoms with Crippen LogP contribution >= 0.6 is 11.3 Å². The van der Waals surface area contributed by atoms with E-state index in [1.165, 1.54) is 17.7 Å². The molecule has 4 aromatic rings. The van der Waals surface area contributed by atoms with Crippen molar-refractivity contribution in [1.29, 1.82) is 0 Å². The fraction of sp³-hybridized carbons (Fsp3) is 0.174. The maximum Gasteiger partial charge on any atom is 0.265 e. The van der Waals surface area contributed by atoms with Gasteiger partial charge in [-0.2, -0.15) is 5.10 Å². The number of aromatic nitrogens is 4. The second-order valence-electron chi connectivity index (χ2n) is 7.45. The molecule has 1 atom stereocenters. The molecule has 1 aliphatic rings. The molecule has 2 amide bonds. The Morgan fingerprint density at radius 1 is 1.03 bits per heavy atom. The highest BCUT2D eigenvalue weighted by atomic mass is 32.1. The Balaban J connectivity index is 1.27. The summed E-state index contributed by atoms with van der Waals surface area (Å²) in [5.74, 6) is -0.287. The summed E-state index contributed by atoms with van der Waals surface area (Å²) in [4.78, 5) is 36.9. The van der Waals surface area contributed by atoms with Crippen LogP contribution in [-0.4, -0.2) is 43.0 Å². The Labute approximate surface area is 188 Å². The Kier molecular flexibility index (Phi) is 5.47. The predicted octanol–water partition coefficient (Wildman–Crippen LogP) is 3.95. The summed E-state index contributed by atoms with van der Waals surface area (Å²) in [7, 11) is 0. The van der Waals surface area contributed by atoms with Crippen molar-refractivity contribution in [2.24, 2.45) is 0 Å². The van der Waals surface area contributed by atoms with E-state index in [1.807, 2.05) is 35.4 Å². The fourth-order valence-electron chi connectivity index (χ4n) is 3.88. The SMILES string of the molecule is O=C(Nc1ccc(-n2cncn2)cc1)c1ccc(C(=O)N2CCCC2c2cccnc2)s1. The molecule has 0 radical (unpaired) electrons. The molecule has 1 saturated heterocycles. The van der Waals surface area contributed by atoms with Crippen molar-refractivity contribution in [3.8, 4) is 5.69 Å². The van der Waals surface area contributed by atoms with Gasteiger partial charge in [0.25, 0.3) is 11.8 Å². The molecule has 4 heterocycles. The molecule has 1 unspecified atom stereocenters. The van der Waals surface area contributed by atoms with Gasteiger partial charge in [-0.1, -0.05) is 6.07 Å². The Morgan fingerprint density at radius 2 is 1.88 bits per heavy atom. The van der Waals surface area contributed by atoms with E-state index >= 15 is 0 Å². The second-order valence-corrected chi connectivity index (χ2v) is 8.53. The number of hydrogen-bond acceptors (Lipinski definition) is 6. The van der Waals surface area contributed by atoms with Gasteiger partial charge in [0, 0.05) is 24.6 Å². The smallest absolute Gasteiger partial charge is 0.265 e. The first kappa shape index (κ1) is 20.1. The zero-order valence-corrected chi connectivity index (χ0v) is 17.9. The van der Waals surface area contributed by atoms with Crippen molar-refractivity contribution in [3.05, 3.63) is 88.9 Å². The van der Waals surface area contributed by atoms with Gasteiger partial charge in [0.1, 0.15) is 12.7 Å². The van der Waals surface area contributed by atoms with E-state index in [4.69, 9.17) is 0 Å². The molecule has 0 bridgehead atoms. The number of likely N-dealkylation sites (tertiary alicyclic amines) is 1. The largest absolute Gasteiger partial charge is 0.331 e. The van der Waals surface area contributed by atoms with Crippen LogP contribution in [0.2, 0.25) is 0 Å². The van der Waals surface area contributed by atoms with Crippen molar-refractivity contribution in [3.63, 3.8) is 0 Å². The number of carbonyl (C=O) groups is 2. The first-order valence-electron chi connectivity index (χ1n) is 10.3. The summed E-state index contributed by atoms with van der Waals surface area (Å²) in [6.07, 6.45) is 8.49. The molecule has 0 saturated carbocycles. The molecular formula is C23H20N6O2S. The van der Waals surface area contributed by atoms with E-state index < -0.39 is 0 Å². The fourth-order valence-corrected chi connectivity index (χ4v) is 4.73. The topological polar surface area (TPSA) is 93.0 Å². The molecule has 1 aliphatic heterocycles. The number of carbonyl (C=O) groups excluding carboxylic acids is 2. The molecule has 5 rings (SSSR count). The van der Waals surface area contributed by atoms with E-state index in [2.05, 4.69) is 20.4 Å². The lowest BCUT2D eigenvalue weighted by molar-refractivity contribution is 0.0740. The third kappa shape index (κ3) is 4.02. The van der Waals surface area contributed by atoms with Crippen LogP contribution in [0, 0.1) is 0 Å². The third-order valence-corrected chi connectivity index (χ3v) is 6.50. The van der Waals surface area contributed by atoms with Gasteiger partial charge >= 0.3 is 0 Å². The number of thiophene rings is 1. The molecule has 0 aliphatic carbocycles. The molecule has 9 heteroatoms. The summed E-state index contributed by atoms with van der Waals surface area (Å²) in [5, 5.41) is 6.96. The van der Waals surface area contributed by atoms with Crippen LogP contribution < -0.4 is 5.32 Å². The van der Waals surface area contributed by atoms with Crippen molar-refractivity contribution >= 4 is 28.8 Å². The summed E-state index contributed by atoms with van der Waals surface area (Å²) >= 11 is 1.21. The van der Waals surface area contributed by atoms with Crippen LogP contribution in [0.1, 0.15) is 43.8 Å². The van der Waals surface area contributed by atoms with Crippen molar-refractivity contribution in [1.82, 2.24) is 24.6 Å². The van der Waals surface area contributed by atoms with Gasteiger partial charge < -0.3 is 10.2 Å². The van der Waals surface area contributed by atoms with Gasteiger partial charge in [0.15, 0.2) is 0 Å². The number of hydrogen-bond donors (Lipinski definition) is 1. The Hall–Kier alpha value is -3.85. The van der Waals surface area contributed by atoms with Crippen molar-refractivity contribution in [2.75, 3.05) is 11.9 Å². The molecule has 8 nitrogen and oxygen atoms in total. The highest BCUT2D eigenvalue weighted by Crippen LogP contribution is 2.34. The lowest BCUT2D eigenvalue weighted by Gasteiger charge is -2.24. The van der Waals surface area contributed by atoms with E-state index in [1.54, 1.807) is 41.5 Å². The van der Waals surface area contributed by atoms with Gasteiger partial charge in [-0.15, -0.1) is 11.3 Å². The number of rotatable bonds is 5. The summed E-state index contributed by atoms with van der Waals surface area (Å²) in [6, 6.07) is 14.7. The Bertz CT molecular complexity index is 1220. The molecule has 1 N–H and O–H groups in total. The molecule has 0 spiro atoms. The summed E-state index contributed by atoms with van der Waals surface area (Å²) < 4.78 is 1.64. The highest BCUT2D eigenvalue weighted by Gasteiger charge is 2.31. The maximum absolute atomic E-state index is 13.1. The van der Waals surface area contributed by atoms with Crippen LogP contribution in [0.15, 0.2) is 73.6 Å². The first-order valence-corrected chi connectivity index (χ1v) is 11.1. The molecule has 1 fully saturated rings. The number of anilines is 1. The van der Waals surface area contributed by atoms with Crippen LogP contribution in [-0.2, 0) is 0 Å². The summed E-state index contributed by atoms with van der Waals surface area (Å²) in [6.45, 7) is 0.704. The number of pyridine rings is 1. The zero-order valence-electron chi connectivity index (χ0n) is 17.1. The highest BCUT2D eigenvalue weighted by molar-refractivity contribution is 7.16. The second kappa shape index (κ2) is 8.72. The number of amides is 2. The molecule has 1 aromatic carbocycles. The lowest BCUT2D eigenvalue weighted by Crippen LogP contribution is -2.30. The van der Waals surface area contributed by atoms with Crippen LogP contribution in [0.4, 0.5) is 5.69 Å². The number of benzene rings is 1. The number of nitrogens with zero attached hydrogens (tertiary/aromatic N) is 5. The summed E-state index contributed by atoms with van der Waals surface area (Å²) in [5.41, 5.74) is 2.55. The van der Waals surface area contributed by atoms with Crippen LogP contribution in [0.25, 0.3) is 5.69 Å². The van der Waals surface area contributed by atoms with Gasteiger partial charge in [-0.25, -0.2) is 9.67 Å². The third-order valence-electron chi connectivity index (χ3n) is 5.43. The molecule has 160 valence electrons. The van der Waals surface area contributed by atoms with Crippen LogP contribution in [0.5, 0.6) is 0 Å². The van der Waals surface area contributed by atoms with E-state index in [0.29, 0.717) is 22.0 Å². The lowest BCUT2D eigenvalue weighted by atomic mass is 10.1. The zero-order chi connectivity index (χ0) is 21.9. The minimum Gasteiger partial charge on any atom is -0.331 e. The van der Waals surface area contributed by atoms with Gasteiger partial charge in [0.05, 0.1) is 21.5 Å². The minimum absolute atomic E-state index is 0.0269. The van der Waals surface area contributed by atoms with Gasteiger partial charge in [0.2, 0.25) is 0 Å². The first-order chi connectivity index (χ1) is 15.7. The molecule has 32 heavy (non-hydrogen) atoms. The normalized spacial score (nSPS) is 15.6. The minimum atomic E-state index is -0.243. The average molecular weight is 445 g/mol.